The van der Waals surface area contributed by atoms with E-state index in [-0.39, 0.29) is 24.0 Å². The Hall–Kier alpha value is -2.66. The van der Waals surface area contributed by atoms with Crippen LogP contribution in [0.25, 0.3) is 11.1 Å². The molecule has 152 valence electrons. The maximum Gasteiger partial charge on any atom is 0.254 e. The normalized spacial score (nSPS) is 21.8. The van der Waals surface area contributed by atoms with Gasteiger partial charge < -0.3 is 14.5 Å². The highest BCUT2D eigenvalue weighted by atomic mass is 16.5. The molecule has 0 radical (unpaired) electrons. The molecule has 2 atom stereocenters. The Bertz CT molecular complexity index is 876. The number of amides is 2. The van der Waals surface area contributed by atoms with Crippen molar-refractivity contribution in [2.75, 3.05) is 26.7 Å². The Morgan fingerprint density at radius 2 is 1.69 bits per heavy atom. The number of likely N-dealkylation sites (N-methyl/N-ethyl adjacent to an activating group) is 1. The van der Waals surface area contributed by atoms with Crippen LogP contribution >= 0.6 is 0 Å². The molecule has 2 aliphatic heterocycles. The van der Waals surface area contributed by atoms with Crippen LogP contribution in [0.2, 0.25) is 0 Å². The van der Waals surface area contributed by atoms with Crippen molar-refractivity contribution in [1.29, 1.82) is 0 Å². The molecule has 5 nitrogen and oxygen atoms in total. The Kier molecular flexibility index (Phi) is 5.67. The topological polar surface area (TPSA) is 49.9 Å². The van der Waals surface area contributed by atoms with Gasteiger partial charge in [0, 0.05) is 25.7 Å². The maximum atomic E-state index is 13.0. The predicted octanol–water partition coefficient (Wildman–Crippen LogP) is 3.38. The second kappa shape index (κ2) is 8.37. The molecule has 2 saturated heterocycles. The number of likely N-dealkylation sites (tertiary alicyclic amines) is 1. The van der Waals surface area contributed by atoms with E-state index in [1.807, 2.05) is 31.3 Å². The quantitative estimate of drug-likeness (QED) is 0.802. The summed E-state index contributed by atoms with van der Waals surface area (Å²) in [7, 11) is 1.81. The third kappa shape index (κ3) is 4.06. The average molecular weight is 392 g/mol. The van der Waals surface area contributed by atoms with E-state index in [2.05, 4.69) is 31.2 Å². The summed E-state index contributed by atoms with van der Waals surface area (Å²) in [6.45, 7) is 3.66. The van der Waals surface area contributed by atoms with Crippen molar-refractivity contribution in [2.24, 2.45) is 0 Å². The first-order valence-electron chi connectivity index (χ1n) is 10.4. The monoisotopic (exact) mass is 392 g/mol. The number of rotatable bonds is 4. The van der Waals surface area contributed by atoms with Crippen molar-refractivity contribution in [1.82, 2.24) is 9.80 Å². The molecular formula is C24H28N2O3. The Morgan fingerprint density at radius 1 is 1.03 bits per heavy atom. The fourth-order valence-electron chi connectivity index (χ4n) is 4.26. The van der Waals surface area contributed by atoms with Crippen LogP contribution in [0.5, 0.6) is 0 Å². The van der Waals surface area contributed by atoms with Crippen LogP contribution in [0.15, 0.2) is 48.5 Å². The van der Waals surface area contributed by atoms with Crippen LogP contribution in [-0.2, 0) is 16.0 Å². The van der Waals surface area contributed by atoms with Crippen LogP contribution in [0.1, 0.15) is 35.7 Å². The van der Waals surface area contributed by atoms with Crippen LogP contribution < -0.4 is 0 Å². The average Bonchev–Trinajstić information content (AvgIpc) is 3.12. The third-order valence-corrected chi connectivity index (χ3v) is 6.02. The van der Waals surface area contributed by atoms with Gasteiger partial charge >= 0.3 is 0 Å². The zero-order chi connectivity index (χ0) is 20.4. The lowest BCUT2D eigenvalue weighted by Gasteiger charge is -2.25. The zero-order valence-electron chi connectivity index (χ0n) is 17.1. The SMILES string of the molecule is CCCc1ccc(-c2ccc(C(=O)N3C[C@@H]4OCCC(=O)N(C)[C@H]4C3)cc2)cc1. The molecule has 0 saturated carbocycles. The largest absolute Gasteiger partial charge is 0.374 e. The lowest BCUT2D eigenvalue weighted by molar-refractivity contribution is -0.131. The van der Waals surface area contributed by atoms with Gasteiger partial charge in [0.15, 0.2) is 0 Å². The second-order valence-corrected chi connectivity index (χ2v) is 7.97. The number of ether oxygens (including phenoxy) is 1. The molecule has 29 heavy (non-hydrogen) atoms. The van der Waals surface area contributed by atoms with E-state index in [9.17, 15) is 9.59 Å². The van der Waals surface area contributed by atoms with E-state index in [0.29, 0.717) is 31.7 Å². The summed E-state index contributed by atoms with van der Waals surface area (Å²) in [4.78, 5) is 28.6. The Balaban J connectivity index is 1.45. The standard InChI is InChI=1S/C24H28N2O3/c1-3-4-17-5-7-18(8-6-17)19-9-11-20(12-10-19)24(28)26-15-21-22(16-26)29-14-13-23(27)25(21)2/h5-12,21-22H,3-4,13-16H2,1-2H3/t21-,22-/m0/s1. The number of fused-ring (bicyclic) bond motifs is 1. The number of benzene rings is 2. The van der Waals surface area contributed by atoms with Crippen molar-refractivity contribution in [3.63, 3.8) is 0 Å². The van der Waals surface area contributed by atoms with Gasteiger partial charge in [0.05, 0.1) is 25.2 Å². The molecule has 0 N–H and O–H groups in total. The molecule has 2 amide bonds. The summed E-state index contributed by atoms with van der Waals surface area (Å²) < 4.78 is 5.83. The number of hydrogen-bond donors (Lipinski definition) is 0. The van der Waals surface area contributed by atoms with E-state index >= 15 is 0 Å². The second-order valence-electron chi connectivity index (χ2n) is 7.97. The number of carbonyl (C=O) groups excluding carboxylic acids is 2. The smallest absolute Gasteiger partial charge is 0.254 e. The minimum Gasteiger partial charge on any atom is -0.374 e. The van der Waals surface area contributed by atoms with E-state index < -0.39 is 0 Å². The number of aryl methyl sites for hydroxylation is 1. The van der Waals surface area contributed by atoms with Gasteiger partial charge in [-0.3, -0.25) is 9.59 Å². The summed E-state index contributed by atoms with van der Waals surface area (Å²) in [6.07, 6.45) is 2.55. The predicted molar refractivity (Wildman–Crippen MR) is 113 cm³/mol. The number of hydrogen-bond acceptors (Lipinski definition) is 3. The molecular weight excluding hydrogens is 364 g/mol. The molecule has 0 aliphatic carbocycles. The van der Waals surface area contributed by atoms with E-state index in [1.54, 1.807) is 9.80 Å². The van der Waals surface area contributed by atoms with Gasteiger partial charge in [-0.15, -0.1) is 0 Å². The molecule has 4 rings (SSSR count). The van der Waals surface area contributed by atoms with E-state index in [4.69, 9.17) is 4.74 Å². The van der Waals surface area contributed by atoms with Crippen molar-refractivity contribution >= 4 is 11.8 Å². The molecule has 0 unspecified atom stereocenters. The summed E-state index contributed by atoms with van der Waals surface area (Å²) in [5.41, 5.74) is 4.27. The fraction of sp³-hybridized carbons (Fsp3) is 0.417. The molecule has 0 bridgehead atoms. The van der Waals surface area contributed by atoms with Gasteiger partial charge in [0.1, 0.15) is 0 Å². The van der Waals surface area contributed by atoms with E-state index in [1.165, 1.54) is 5.56 Å². The van der Waals surface area contributed by atoms with Gasteiger partial charge in [-0.05, 0) is 35.2 Å². The molecule has 2 aromatic carbocycles. The molecule has 0 aromatic heterocycles. The van der Waals surface area contributed by atoms with Gasteiger partial charge in [0.25, 0.3) is 5.91 Å². The number of carbonyl (C=O) groups is 2. The highest BCUT2D eigenvalue weighted by Crippen LogP contribution is 2.25. The summed E-state index contributed by atoms with van der Waals surface area (Å²) in [5, 5.41) is 0. The Labute approximate surface area is 172 Å². The third-order valence-electron chi connectivity index (χ3n) is 6.02. The number of nitrogens with zero attached hydrogens (tertiary/aromatic N) is 2. The maximum absolute atomic E-state index is 13.0. The summed E-state index contributed by atoms with van der Waals surface area (Å²) >= 11 is 0. The van der Waals surface area contributed by atoms with Crippen molar-refractivity contribution in [2.45, 2.75) is 38.3 Å². The highest BCUT2D eigenvalue weighted by Gasteiger charge is 2.41. The first-order valence-corrected chi connectivity index (χ1v) is 10.4. The van der Waals surface area contributed by atoms with Gasteiger partial charge in [-0.1, -0.05) is 49.7 Å². The Morgan fingerprint density at radius 3 is 2.34 bits per heavy atom. The lowest BCUT2D eigenvalue weighted by Crippen LogP contribution is -2.43. The van der Waals surface area contributed by atoms with Gasteiger partial charge in [0.2, 0.25) is 5.91 Å². The summed E-state index contributed by atoms with van der Waals surface area (Å²) in [5.74, 6) is 0.0773. The molecule has 5 heteroatoms. The minimum atomic E-state index is -0.101. The van der Waals surface area contributed by atoms with Crippen LogP contribution in [-0.4, -0.2) is 60.5 Å². The molecule has 2 aliphatic rings. The van der Waals surface area contributed by atoms with Crippen molar-refractivity contribution in [3.05, 3.63) is 59.7 Å². The summed E-state index contributed by atoms with van der Waals surface area (Å²) in [6, 6.07) is 16.3. The molecule has 0 spiro atoms. The van der Waals surface area contributed by atoms with E-state index in [0.717, 1.165) is 24.0 Å². The van der Waals surface area contributed by atoms with Crippen LogP contribution in [0, 0.1) is 0 Å². The van der Waals surface area contributed by atoms with Gasteiger partial charge in [-0.25, -0.2) is 0 Å². The van der Waals surface area contributed by atoms with Crippen LogP contribution in [0.3, 0.4) is 0 Å². The lowest BCUT2D eigenvalue weighted by atomic mass is 10.0. The minimum absolute atomic E-state index is 0.00707. The van der Waals surface area contributed by atoms with Gasteiger partial charge in [-0.2, -0.15) is 0 Å². The van der Waals surface area contributed by atoms with Crippen molar-refractivity contribution in [3.8, 4) is 11.1 Å². The fourth-order valence-corrected chi connectivity index (χ4v) is 4.26. The molecule has 2 heterocycles. The molecule has 2 aromatic rings. The van der Waals surface area contributed by atoms with Crippen molar-refractivity contribution < 1.29 is 14.3 Å². The van der Waals surface area contributed by atoms with Crippen LogP contribution in [0.4, 0.5) is 0 Å². The zero-order valence-corrected chi connectivity index (χ0v) is 17.1. The molecule has 2 fully saturated rings. The highest BCUT2D eigenvalue weighted by molar-refractivity contribution is 5.95. The first kappa shape index (κ1) is 19.6. The first-order chi connectivity index (χ1) is 14.1.